The number of hydrogen-bond donors (Lipinski definition) is 1. The van der Waals surface area contributed by atoms with Crippen molar-refractivity contribution in [2.45, 2.75) is 27.7 Å². The van der Waals surface area contributed by atoms with Gasteiger partial charge in [-0.2, -0.15) is 0 Å². The lowest BCUT2D eigenvalue weighted by Crippen LogP contribution is -2.49. The van der Waals surface area contributed by atoms with Crippen LogP contribution in [0.5, 0.6) is 0 Å². The summed E-state index contributed by atoms with van der Waals surface area (Å²) in [6.45, 7) is 10.6. The van der Waals surface area contributed by atoms with Gasteiger partial charge in [-0.1, -0.05) is 17.7 Å². The number of ether oxygens (including phenoxy) is 1. The van der Waals surface area contributed by atoms with E-state index in [0.29, 0.717) is 38.3 Å². The maximum atomic E-state index is 12.8. The van der Waals surface area contributed by atoms with Crippen LogP contribution in [0.1, 0.15) is 34.0 Å². The summed E-state index contributed by atoms with van der Waals surface area (Å²) in [4.78, 5) is 32.9. The standard InChI is InChI=1S/C22H28N4O3/c1-5-29-22(28)26-10-8-25(9-11-26)19-14-18(6-7-23-19)21(27)24-20-16(3)12-15(2)13-17(20)4/h6-7,12-14H,5,8-11H2,1-4H3,(H,24,27). The zero-order valence-corrected chi connectivity index (χ0v) is 17.5. The zero-order chi connectivity index (χ0) is 21.0. The summed E-state index contributed by atoms with van der Waals surface area (Å²) in [6, 6.07) is 7.63. The summed E-state index contributed by atoms with van der Waals surface area (Å²) in [6.07, 6.45) is 1.37. The molecule has 1 N–H and O–H groups in total. The van der Waals surface area contributed by atoms with Crippen LogP contribution in [0.4, 0.5) is 16.3 Å². The van der Waals surface area contributed by atoms with Gasteiger partial charge in [-0.25, -0.2) is 9.78 Å². The minimum Gasteiger partial charge on any atom is -0.450 e. The fraction of sp³-hybridized carbons (Fsp3) is 0.409. The molecule has 1 saturated heterocycles. The maximum Gasteiger partial charge on any atom is 0.409 e. The Morgan fingerprint density at radius 3 is 2.34 bits per heavy atom. The number of aryl methyl sites for hydroxylation is 3. The molecule has 1 aromatic heterocycles. The number of nitrogens with zero attached hydrogens (tertiary/aromatic N) is 3. The first-order chi connectivity index (χ1) is 13.9. The number of piperazine rings is 1. The van der Waals surface area contributed by atoms with Crippen molar-refractivity contribution >= 4 is 23.5 Å². The molecule has 1 aliphatic heterocycles. The van der Waals surface area contributed by atoms with Crippen molar-refractivity contribution in [3.8, 4) is 0 Å². The van der Waals surface area contributed by atoms with Gasteiger partial charge in [-0.15, -0.1) is 0 Å². The predicted octanol–water partition coefficient (Wildman–Crippen LogP) is 3.54. The monoisotopic (exact) mass is 396 g/mol. The Balaban J connectivity index is 1.69. The molecule has 0 bridgehead atoms. The molecule has 1 fully saturated rings. The molecule has 29 heavy (non-hydrogen) atoms. The second-order valence-electron chi connectivity index (χ2n) is 7.30. The molecule has 0 aliphatic carbocycles. The smallest absolute Gasteiger partial charge is 0.409 e. The van der Waals surface area contributed by atoms with Gasteiger partial charge >= 0.3 is 6.09 Å². The SMILES string of the molecule is CCOC(=O)N1CCN(c2cc(C(=O)Nc3c(C)cc(C)cc3C)ccn2)CC1. The summed E-state index contributed by atoms with van der Waals surface area (Å²) in [5, 5.41) is 3.03. The lowest BCUT2D eigenvalue weighted by atomic mass is 10.0. The Morgan fingerprint density at radius 2 is 1.72 bits per heavy atom. The number of carbonyl (C=O) groups is 2. The maximum absolute atomic E-state index is 12.8. The number of pyridine rings is 1. The van der Waals surface area contributed by atoms with Crippen molar-refractivity contribution < 1.29 is 14.3 Å². The fourth-order valence-electron chi connectivity index (χ4n) is 3.63. The Kier molecular flexibility index (Phi) is 6.36. The Morgan fingerprint density at radius 1 is 1.07 bits per heavy atom. The molecule has 0 radical (unpaired) electrons. The molecule has 3 rings (SSSR count). The van der Waals surface area contributed by atoms with Crippen LogP contribution in [0.2, 0.25) is 0 Å². The third kappa shape index (κ3) is 4.85. The number of benzene rings is 1. The van der Waals surface area contributed by atoms with Crippen molar-refractivity contribution in [1.29, 1.82) is 0 Å². The Hall–Kier alpha value is -3.09. The van der Waals surface area contributed by atoms with E-state index in [-0.39, 0.29) is 12.0 Å². The summed E-state index contributed by atoms with van der Waals surface area (Å²) in [7, 11) is 0. The molecule has 2 amide bonds. The zero-order valence-electron chi connectivity index (χ0n) is 17.5. The first kappa shape index (κ1) is 20.6. The summed E-state index contributed by atoms with van der Waals surface area (Å²) < 4.78 is 5.06. The second-order valence-corrected chi connectivity index (χ2v) is 7.30. The van der Waals surface area contributed by atoms with Crippen molar-refractivity contribution in [3.05, 3.63) is 52.7 Å². The van der Waals surface area contributed by atoms with E-state index < -0.39 is 0 Å². The van der Waals surface area contributed by atoms with Crippen LogP contribution >= 0.6 is 0 Å². The van der Waals surface area contributed by atoms with E-state index >= 15 is 0 Å². The highest BCUT2D eigenvalue weighted by atomic mass is 16.6. The number of carbonyl (C=O) groups excluding carboxylic acids is 2. The fourth-order valence-corrected chi connectivity index (χ4v) is 3.63. The van der Waals surface area contributed by atoms with Gasteiger partial charge in [0.25, 0.3) is 5.91 Å². The van der Waals surface area contributed by atoms with Crippen molar-refractivity contribution in [2.24, 2.45) is 0 Å². The van der Waals surface area contributed by atoms with E-state index in [1.165, 1.54) is 5.56 Å². The minimum atomic E-state index is -0.280. The van der Waals surface area contributed by atoms with E-state index in [1.54, 1.807) is 30.2 Å². The third-order valence-corrected chi connectivity index (χ3v) is 5.05. The average Bonchev–Trinajstić information content (AvgIpc) is 2.71. The molecule has 1 aliphatic rings. The molecule has 0 atom stereocenters. The van der Waals surface area contributed by atoms with E-state index in [1.807, 2.05) is 20.8 Å². The number of amides is 2. The molecule has 1 aromatic carbocycles. The van der Waals surface area contributed by atoms with Gasteiger partial charge in [0.2, 0.25) is 0 Å². The minimum absolute atomic E-state index is 0.158. The average molecular weight is 396 g/mol. The van der Waals surface area contributed by atoms with Gasteiger partial charge in [0.1, 0.15) is 5.82 Å². The summed E-state index contributed by atoms with van der Waals surface area (Å²) >= 11 is 0. The van der Waals surface area contributed by atoms with Gasteiger partial charge < -0.3 is 19.9 Å². The first-order valence-corrected chi connectivity index (χ1v) is 9.91. The highest BCUT2D eigenvalue weighted by Crippen LogP contribution is 2.23. The van der Waals surface area contributed by atoms with Gasteiger partial charge in [-0.05, 0) is 51.0 Å². The van der Waals surface area contributed by atoms with Gasteiger partial charge in [-0.3, -0.25) is 4.79 Å². The largest absolute Gasteiger partial charge is 0.450 e. The third-order valence-electron chi connectivity index (χ3n) is 5.05. The molecule has 0 saturated carbocycles. The second kappa shape index (κ2) is 8.94. The van der Waals surface area contributed by atoms with E-state index in [2.05, 4.69) is 27.3 Å². The van der Waals surface area contributed by atoms with Crippen molar-refractivity contribution in [3.63, 3.8) is 0 Å². The predicted molar refractivity (Wildman–Crippen MR) is 114 cm³/mol. The van der Waals surface area contributed by atoms with Crippen LogP contribution in [-0.4, -0.2) is 54.7 Å². The molecule has 0 spiro atoms. The number of nitrogens with one attached hydrogen (secondary N) is 1. The first-order valence-electron chi connectivity index (χ1n) is 9.91. The normalized spacial score (nSPS) is 13.9. The molecule has 2 heterocycles. The summed E-state index contributed by atoms with van der Waals surface area (Å²) in [5.41, 5.74) is 4.66. The van der Waals surface area contributed by atoms with Gasteiger partial charge in [0, 0.05) is 43.6 Å². The lowest BCUT2D eigenvalue weighted by molar-refractivity contribution is 0.102. The van der Waals surface area contributed by atoms with Gasteiger partial charge in [0.15, 0.2) is 0 Å². The number of aromatic nitrogens is 1. The molecular weight excluding hydrogens is 368 g/mol. The van der Waals surface area contributed by atoms with Crippen molar-refractivity contribution in [2.75, 3.05) is 43.0 Å². The molecule has 154 valence electrons. The van der Waals surface area contributed by atoms with Crippen LogP contribution in [0, 0.1) is 20.8 Å². The molecular formula is C22H28N4O3. The van der Waals surface area contributed by atoms with Gasteiger partial charge in [0.05, 0.1) is 6.61 Å². The number of rotatable bonds is 4. The van der Waals surface area contributed by atoms with Crippen LogP contribution in [0.15, 0.2) is 30.5 Å². The Labute approximate surface area is 171 Å². The molecule has 7 nitrogen and oxygen atoms in total. The molecule has 2 aromatic rings. The van der Waals surface area contributed by atoms with Crippen LogP contribution in [0.3, 0.4) is 0 Å². The number of hydrogen-bond acceptors (Lipinski definition) is 5. The van der Waals surface area contributed by atoms with Crippen molar-refractivity contribution in [1.82, 2.24) is 9.88 Å². The van der Waals surface area contributed by atoms with Crippen LogP contribution < -0.4 is 10.2 Å². The topological polar surface area (TPSA) is 74.8 Å². The van der Waals surface area contributed by atoms with Crippen LogP contribution in [0.25, 0.3) is 0 Å². The highest BCUT2D eigenvalue weighted by Gasteiger charge is 2.23. The van der Waals surface area contributed by atoms with E-state index in [9.17, 15) is 9.59 Å². The highest BCUT2D eigenvalue weighted by molar-refractivity contribution is 6.05. The summed E-state index contributed by atoms with van der Waals surface area (Å²) in [5.74, 6) is 0.576. The van der Waals surface area contributed by atoms with Crippen LogP contribution in [-0.2, 0) is 4.74 Å². The lowest BCUT2D eigenvalue weighted by Gasteiger charge is -2.34. The molecule has 0 unspecified atom stereocenters. The van der Waals surface area contributed by atoms with E-state index in [4.69, 9.17) is 4.74 Å². The number of anilines is 2. The quantitative estimate of drug-likeness (QED) is 0.856. The Bertz CT molecular complexity index is 882. The molecule has 7 heteroatoms. The van der Waals surface area contributed by atoms with E-state index in [0.717, 1.165) is 22.6 Å².